The average molecular weight is 398 g/mol. The van der Waals surface area contributed by atoms with Gasteiger partial charge in [-0.2, -0.15) is 5.10 Å². The number of likely N-dealkylation sites (N-methyl/N-ethyl adjacent to an activating group) is 1. The Kier molecular flexibility index (Phi) is 5.67. The van der Waals surface area contributed by atoms with Crippen molar-refractivity contribution >= 4 is 17.3 Å². The lowest BCUT2D eigenvalue weighted by atomic mass is 9.93. The number of hydrogen-bond acceptors (Lipinski definition) is 5. The third-order valence-corrected chi connectivity index (χ3v) is 5.79. The van der Waals surface area contributed by atoms with Gasteiger partial charge in [-0.1, -0.05) is 6.92 Å². The summed E-state index contributed by atoms with van der Waals surface area (Å²) in [5.74, 6) is 0.968. The molecule has 2 aromatic rings. The summed E-state index contributed by atoms with van der Waals surface area (Å²) in [4.78, 5) is 17.3. The van der Waals surface area contributed by atoms with Crippen molar-refractivity contribution in [1.82, 2.24) is 9.80 Å². The first-order valence-corrected chi connectivity index (χ1v) is 10.3. The molecule has 154 valence electrons. The van der Waals surface area contributed by atoms with Crippen LogP contribution in [0.25, 0.3) is 0 Å². The standard InChI is InChI=1S/C22H27FN4O2/c1-3-26-11-13-27(14-12-26)22(28)21-15(2)20-18(5-4-6-19(20)29-21)25-24-17-9-7-16(23)8-10-17/h7-10,24H,3-6,11-14H2,1-2H3/b25-18+. The molecule has 0 atom stereocenters. The molecule has 0 spiro atoms. The summed E-state index contributed by atoms with van der Waals surface area (Å²) in [6.45, 7) is 8.34. The van der Waals surface area contributed by atoms with Crippen LogP contribution in [-0.4, -0.2) is 54.1 Å². The van der Waals surface area contributed by atoms with E-state index in [1.54, 1.807) is 12.1 Å². The molecule has 1 aliphatic heterocycles. The summed E-state index contributed by atoms with van der Waals surface area (Å²) in [7, 11) is 0. The van der Waals surface area contributed by atoms with Crippen LogP contribution in [0, 0.1) is 12.7 Å². The van der Waals surface area contributed by atoms with E-state index in [-0.39, 0.29) is 11.7 Å². The van der Waals surface area contributed by atoms with Crippen LogP contribution < -0.4 is 5.43 Å². The largest absolute Gasteiger partial charge is 0.455 e. The number of piperazine rings is 1. The number of amides is 1. The van der Waals surface area contributed by atoms with E-state index in [0.717, 1.165) is 80.3 Å². The van der Waals surface area contributed by atoms with Gasteiger partial charge in [0.05, 0.1) is 11.4 Å². The fourth-order valence-electron chi connectivity index (χ4n) is 4.05. The highest BCUT2D eigenvalue weighted by Gasteiger charge is 2.31. The van der Waals surface area contributed by atoms with Crippen molar-refractivity contribution < 1.29 is 13.6 Å². The monoisotopic (exact) mass is 398 g/mol. The Morgan fingerprint density at radius 1 is 1.17 bits per heavy atom. The van der Waals surface area contributed by atoms with E-state index in [9.17, 15) is 9.18 Å². The number of anilines is 1. The zero-order valence-electron chi connectivity index (χ0n) is 17.0. The van der Waals surface area contributed by atoms with Crippen molar-refractivity contribution in [3.63, 3.8) is 0 Å². The molecule has 2 heterocycles. The molecular formula is C22H27FN4O2. The number of halogens is 1. The first kappa shape index (κ1) is 19.6. The summed E-state index contributed by atoms with van der Waals surface area (Å²) in [5, 5.41) is 4.54. The van der Waals surface area contributed by atoms with E-state index in [1.807, 2.05) is 11.8 Å². The Hall–Kier alpha value is -2.67. The van der Waals surface area contributed by atoms with Gasteiger partial charge in [0.25, 0.3) is 5.91 Å². The molecule has 6 nitrogen and oxygen atoms in total. The Balaban J connectivity index is 1.55. The smallest absolute Gasteiger partial charge is 0.289 e. The van der Waals surface area contributed by atoms with Crippen LogP contribution in [0.4, 0.5) is 10.1 Å². The fraction of sp³-hybridized carbons (Fsp3) is 0.455. The van der Waals surface area contributed by atoms with Crippen LogP contribution in [0.15, 0.2) is 33.8 Å². The number of carbonyl (C=O) groups excluding carboxylic acids is 1. The molecule has 1 aliphatic carbocycles. The third kappa shape index (κ3) is 4.05. The zero-order chi connectivity index (χ0) is 20.4. The Bertz CT molecular complexity index is 912. The molecule has 0 radical (unpaired) electrons. The van der Waals surface area contributed by atoms with Crippen molar-refractivity contribution in [2.45, 2.75) is 33.1 Å². The quantitative estimate of drug-likeness (QED) is 0.799. The number of hydrazone groups is 1. The predicted octanol–water partition coefficient (Wildman–Crippen LogP) is 3.66. The normalized spacial score (nSPS) is 18.7. The number of rotatable bonds is 4. The SMILES string of the molecule is CCN1CCN(C(=O)c2oc3c(c2C)/C(=N/Nc2ccc(F)cc2)CCC3)CC1. The third-order valence-electron chi connectivity index (χ3n) is 5.79. The summed E-state index contributed by atoms with van der Waals surface area (Å²) >= 11 is 0. The number of aryl methyl sites for hydroxylation is 1. The molecule has 0 saturated carbocycles. The van der Waals surface area contributed by atoms with Gasteiger partial charge in [-0.15, -0.1) is 0 Å². The summed E-state index contributed by atoms with van der Waals surface area (Å²) in [5.41, 5.74) is 6.41. The van der Waals surface area contributed by atoms with E-state index < -0.39 is 0 Å². The second kappa shape index (κ2) is 8.37. The molecule has 2 aliphatic rings. The van der Waals surface area contributed by atoms with Crippen LogP contribution in [-0.2, 0) is 6.42 Å². The maximum Gasteiger partial charge on any atom is 0.289 e. The van der Waals surface area contributed by atoms with Gasteiger partial charge in [0, 0.05) is 43.7 Å². The maximum atomic E-state index is 13.1. The van der Waals surface area contributed by atoms with Gasteiger partial charge < -0.3 is 14.2 Å². The second-order valence-corrected chi connectivity index (χ2v) is 7.61. The Labute approximate surface area is 170 Å². The minimum absolute atomic E-state index is 0.0292. The second-order valence-electron chi connectivity index (χ2n) is 7.61. The number of hydrogen-bond donors (Lipinski definition) is 1. The van der Waals surface area contributed by atoms with Gasteiger partial charge in [0.2, 0.25) is 0 Å². The Morgan fingerprint density at radius 2 is 1.90 bits per heavy atom. The van der Waals surface area contributed by atoms with Crippen LogP contribution in [0.2, 0.25) is 0 Å². The highest BCUT2D eigenvalue weighted by molar-refractivity contribution is 6.06. The van der Waals surface area contributed by atoms with E-state index in [0.29, 0.717) is 5.76 Å². The lowest BCUT2D eigenvalue weighted by Crippen LogP contribution is -2.48. The van der Waals surface area contributed by atoms with Crippen LogP contribution >= 0.6 is 0 Å². The van der Waals surface area contributed by atoms with Crippen LogP contribution in [0.1, 0.15) is 47.2 Å². The van der Waals surface area contributed by atoms with Crippen LogP contribution in [0.3, 0.4) is 0 Å². The minimum Gasteiger partial charge on any atom is -0.455 e. The summed E-state index contributed by atoms with van der Waals surface area (Å²) < 4.78 is 19.1. The highest BCUT2D eigenvalue weighted by Crippen LogP contribution is 2.31. The molecule has 1 N–H and O–H groups in total. The number of benzene rings is 1. The first-order valence-electron chi connectivity index (χ1n) is 10.3. The van der Waals surface area contributed by atoms with E-state index in [1.165, 1.54) is 12.1 Å². The highest BCUT2D eigenvalue weighted by atomic mass is 19.1. The van der Waals surface area contributed by atoms with Gasteiger partial charge in [0.1, 0.15) is 11.6 Å². The first-order chi connectivity index (χ1) is 14.1. The van der Waals surface area contributed by atoms with E-state index >= 15 is 0 Å². The molecule has 1 amide bonds. The maximum absolute atomic E-state index is 13.1. The molecule has 1 aromatic heterocycles. The number of nitrogens with one attached hydrogen (secondary N) is 1. The number of fused-ring (bicyclic) bond motifs is 1. The zero-order valence-corrected chi connectivity index (χ0v) is 17.0. The number of carbonyl (C=O) groups is 1. The van der Waals surface area contributed by atoms with Gasteiger partial charge in [0.15, 0.2) is 5.76 Å². The lowest BCUT2D eigenvalue weighted by molar-refractivity contribution is 0.0609. The van der Waals surface area contributed by atoms with Gasteiger partial charge >= 0.3 is 0 Å². The van der Waals surface area contributed by atoms with E-state index in [4.69, 9.17) is 4.42 Å². The molecule has 4 rings (SSSR count). The van der Waals surface area contributed by atoms with Gasteiger partial charge in [-0.05, 0) is 50.6 Å². The number of nitrogens with zero attached hydrogens (tertiary/aromatic N) is 3. The molecule has 0 unspecified atom stereocenters. The fourth-order valence-corrected chi connectivity index (χ4v) is 4.05. The topological polar surface area (TPSA) is 61.1 Å². The van der Waals surface area contributed by atoms with Gasteiger partial charge in [-0.3, -0.25) is 10.2 Å². The van der Waals surface area contributed by atoms with Crippen molar-refractivity contribution in [2.24, 2.45) is 5.10 Å². The lowest BCUT2D eigenvalue weighted by Gasteiger charge is -2.33. The molecule has 29 heavy (non-hydrogen) atoms. The minimum atomic E-state index is -0.281. The van der Waals surface area contributed by atoms with Crippen molar-refractivity contribution in [1.29, 1.82) is 0 Å². The summed E-state index contributed by atoms with van der Waals surface area (Å²) in [6.07, 6.45) is 2.54. The molecule has 1 saturated heterocycles. The average Bonchev–Trinajstić information content (AvgIpc) is 3.10. The molecule has 7 heteroatoms. The van der Waals surface area contributed by atoms with Gasteiger partial charge in [-0.25, -0.2) is 4.39 Å². The van der Waals surface area contributed by atoms with Crippen LogP contribution in [0.5, 0.6) is 0 Å². The molecular weight excluding hydrogens is 371 g/mol. The predicted molar refractivity (Wildman–Crippen MR) is 111 cm³/mol. The molecule has 0 bridgehead atoms. The molecule has 1 aromatic carbocycles. The van der Waals surface area contributed by atoms with Crippen molar-refractivity contribution in [2.75, 3.05) is 38.1 Å². The van der Waals surface area contributed by atoms with E-state index in [2.05, 4.69) is 22.4 Å². The summed E-state index contributed by atoms with van der Waals surface area (Å²) in [6, 6.07) is 6.09. The van der Waals surface area contributed by atoms with Crippen molar-refractivity contribution in [3.05, 3.63) is 52.7 Å². The van der Waals surface area contributed by atoms with Crippen molar-refractivity contribution in [3.8, 4) is 0 Å². The Morgan fingerprint density at radius 3 is 2.59 bits per heavy atom. The number of furan rings is 1. The molecule has 1 fully saturated rings.